The van der Waals surface area contributed by atoms with Crippen LogP contribution in [0.1, 0.15) is 72.3 Å². The first-order valence-corrected chi connectivity index (χ1v) is 16.7. The SMILES string of the molecule is C.CC(O)c1cncc(-c2ccc3oc(=O)n(C)c3c2)c1.CC(O)c1cncc(Br)c1.Cn1c(=O)oc2ccc(B3OC(C)(C)C(C)(C)O3)cc21. The van der Waals surface area contributed by atoms with Crippen LogP contribution >= 0.6 is 15.9 Å². The number of aryl methyl sites for hydroxylation is 2. The second-order valence-electron chi connectivity index (χ2n) is 13.1. The number of oxazole rings is 2. The molecule has 0 aliphatic carbocycles. The third-order valence-corrected chi connectivity index (χ3v) is 9.35. The van der Waals surface area contributed by atoms with Crippen molar-refractivity contribution in [3.05, 3.63) is 110 Å². The summed E-state index contributed by atoms with van der Waals surface area (Å²) < 4.78 is 26.1. The Bertz CT molecular complexity index is 2240. The van der Waals surface area contributed by atoms with E-state index < -0.39 is 19.3 Å². The molecule has 2 unspecified atom stereocenters. The molecule has 1 aliphatic rings. The third kappa shape index (κ3) is 8.59. The maximum absolute atomic E-state index is 11.5. The molecule has 0 saturated carbocycles. The van der Waals surface area contributed by atoms with Gasteiger partial charge in [0, 0.05) is 48.9 Å². The average Bonchev–Trinajstić information content (AvgIpc) is 3.61. The maximum Gasteiger partial charge on any atom is 0.494 e. The van der Waals surface area contributed by atoms with Crippen molar-refractivity contribution in [1.82, 2.24) is 19.1 Å². The van der Waals surface area contributed by atoms with Gasteiger partial charge in [-0.3, -0.25) is 19.1 Å². The number of hydrogen-bond donors (Lipinski definition) is 2. The molecule has 1 fully saturated rings. The van der Waals surface area contributed by atoms with E-state index in [1.165, 1.54) is 9.13 Å². The number of aromatic nitrogens is 4. The van der Waals surface area contributed by atoms with E-state index in [1.807, 2.05) is 64.1 Å². The van der Waals surface area contributed by atoms with Crippen molar-refractivity contribution in [2.75, 3.05) is 0 Å². The first kappa shape index (κ1) is 39.5. The van der Waals surface area contributed by atoms with E-state index in [0.717, 1.165) is 43.2 Å². The molecule has 1 saturated heterocycles. The Morgan fingerprint density at radius 2 is 1.20 bits per heavy atom. The molecule has 0 amide bonds. The summed E-state index contributed by atoms with van der Waals surface area (Å²) in [7, 11) is 2.92. The van der Waals surface area contributed by atoms with Crippen molar-refractivity contribution >= 4 is 50.7 Å². The summed E-state index contributed by atoms with van der Waals surface area (Å²) in [5.74, 6) is -0.751. The van der Waals surface area contributed by atoms with Crippen LogP contribution in [0.3, 0.4) is 0 Å². The van der Waals surface area contributed by atoms with Crippen molar-refractivity contribution in [3.63, 3.8) is 0 Å². The monoisotopic (exact) mass is 762 g/mol. The van der Waals surface area contributed by atoms with Gasteiger partial charge in [-0.1, -0.05) is 19.6 Å². The van der Waals surface area contributed by atoms with Gasteiger partial charge in [0.1, 0.15) is 0 Å². The predicted molar refractivity (Wildman–Crippen MR) is 202 cm³/mol. The number of rotatable bonds is 4. The first-order chi connectivity index (χ1) is 23.5. The molecule has 0 spiro atoms. The Morgan fingerprint density at radius 3 is 1.71 bits per heavy atom. The Labute approximate surface area is 305 Å². The fourth-order valence-electron chi connectivity index (χ4n) is 5.08. The molecule has 0 bridgehead atoms. The quantitative estimate of drug-likeness (QED) is 0.198. The number of halogens is 1. The lowest BCUT2D eigenvalue weighted by Crippen LogP contribution is -2.41. The summed E-state index contributed by atoms with van der Waals surface area (Å²) in [5.41, 5.74) is 6.10. The summed E-state index contributed by atoms with van der Waals surface area (Å²) >= 11 is 3.26. The number of aliphatic hydroxyl groups is 2. The van der Waals surface area contributed by atoms with Gasteiger partial charge >= 0.3 is 18.6 Å². The molecule has 51 heavy (non-hydrogen) atoms. The summed E-state index contributed by atoms with van der Waals surface area (Å²) in [4.78, 5) is 31.0. The lowest BCUT2D eigenvalue weighted by Gasteiger charge is -2.32. The number of fused-ring (bicyclic) bond motifs is 2. The highest BCUT2D eigenvalue weighted by molar-refractivity contribution is 9.10. The number of hydrogen-bond acceptors (Lipinski definition) is 10. The van der Waals surface area contributed by atoms with E-state index in [0.29, 0.717) is 11.2 Å². The first-order valence-electron chi connectivity index (χ1n) is 15.9. The second kappa shape index (κ2) is 15.5. The normalized spacial score (nSPS) is 15.7. The number of pyridine rings is 2. The van der Waals surface area contributed by atoms with Crippen molar-refractivity contribution in [2.45, 2.75) is 72.4 Å². The smallest absolute Gasteiger partial charge is 0.408 e. The molecule has 4 aromatic heterocycles. The second-order valence-corrected chi connectivity index (χ2v) is 14.1. The lowest BCUT2D eigenvalue weighted by molar-refractivity contribution is 0.00578. The molecule has 7 rings (SSSR count). The molecular formula is C37H44BBrN4O8. The molecule has 2 atom stereocenters. The molecule has 12 nitrogen and oxygen atoms in total. The van der Waals surface area contributed by atoms with Gasteiger partial charge in [-0.05, 0) is 116 Å². The highest BCUT2D eigenvalue weighted by Gasteiger charge is 2.51. The number of nitrogens with zero attached hydrogens (tertiary/aromatic N) is 4. The zero-order valence-corrected chi connectivity index (χ0v) is 30.8. The van der Waals surface area contributed by atoms with Gasteiger partial charge in [-0.25, -0.2) is 9.59 Å². The van der Waals surface area contributed by atoms with Crippen LogP contribution < -0.4 is 17.0 Å². The minimum Gasteiger partial charge on any atom is -0.408 e. The van der Waals surface area contributed by atoms with Crippen molar-refractivity contribution in [1.29, 1.82) is 0 Å². The van der Waals surface area contributed by atoms with Crippen LogP contribution in [0.4, 0.5) is 0 Å². The molecule has 6 aromatic rings. The van der Waals surface area contributed by atoms with Crippen LogP contribution in [0.5, 0.6) is 0 Å². The van der Waals surface area contributed by atoms with E-state index in [2.05, 4.69) is 25.9 Å². The molecule has 2 N–H and O–H groups in total. The van der Waals surface area contributed by atoms with Crippen molar-refractivity contribution in [2.24, 2.45) is 14.1 Å². The highest BCUT2D eigenvalue weighted by Crippen LogP contribution is 2.36. The van der Waals surface area contributed by atoms with E-state index >= 15 is 0 Å². The third-order valence-electron chi connectivity index (χ3n) is 8.92. The molecule has 2 aromatic carbocycles. The van der Waals surface area contributed by atoms with Crippen LogP contribution in [-0.2, 0) is 23.4 Å². The van der Waals surface area contributed by atoms with Crippen LogP contribution in [-0.4, -0.2) is 47.6 Å². The largest absolute Gasteiger partial charge is 0.494 e. The fourth-order valence-corrected chi connectivity index (χ4v) is 5.46. The zero-order chi connectivity index (χ0) is 36.5. The van der Waals surface area contributed by atoms with Gasteiger partial charge in [-0.15, -0.1) is 0 Å². The van der Waals surface area contributed by atoms with Gasteiger partial charge in [0.15, 0.2) is 11.2 Å². The fraction of sp³-hybridized carbons (Fsp3) is 0.351. The molecule has 0 radical (unpaired) electrons. The number of benzene rings is 2. The van der Waals surface area contributed by atoms with E-state index in [4.69, 9.17) is 23.2 Å². The standard InChI is InChI=1S/C15H14N2O3.C14H18BNO4.C7H8BrNO.CH4/c1-9(18)11-5-12(8-16-7-11)10-3-4-14-13(6-10)17(2)15(19)20-14;1-13(2)14(3,4)20-15(19-13)9-6-7-11-10(8-9)16(5)12(17)18-11;1-5(10)6-2-7(8)4-9-3-6;/h3-9,18H,1-2H3;6-8H,1-5H3;2-5,10H,1H3;1H4. The van der Waals surface area contributed by atoms with E-state index in [-0.39, 0.29) is 30.1 Å². The Morgan fingerprint density at radius 1 is 0.706 bits per heavy atom. The van der Waals surface area contributed by atoms with Gasteiger partial charge in [0.05, 0.1) is 34.4 Å². The summed E-state index contributed by atoms with van der Waals surface area (Å²) in [5, 5.41) is 18.7. The van der Waals surface area contributed by atoms with Crippen molar-refractivity contribution < 1.29 is 28.4 Å². The van der Waals surface area contributed by atoms with Crippen LogP contribution in [0.25, 0.3) is 33.3 Å². The maximum atomic E-state index is 11.5. The Hall–Kier alpha value is -4.34. The highest BCUT2D eigenvalue weighted by atomic mass is 79.9. The van der Waals surface area contributed by atoms with Gasteiger partial charge < -0.3 is 28.4 Å². The molecule has 5 heterocycles. The number of aliphatic hydroxyl groups excluding tert-OH is 2. The Balaban J connectivity index is 0.000000180. The van der Waals surface area contributed by atoms with Crippen LogP contribution in [0.2, 0.25) is 0 Å². The van der Waals surface area contributed by atoms with Crippen molar-refractivity contribution in [3.8, 4) is 11.1 Å². The molecule has 270 valence electrons. The lowest BCUT2D eigenvalue weighted by atomic mass is 9.79. The zero-order valence-electron chi connectivity index (χ0n) is 29.2. The topological polar surface area (TPSA) is 155 Å². The summed E-state index contributed by atoms with van der Waals surface area (Å²) in [6.45, 7) is 11.5. The van der Waals surface area contributed by atoms with Gasteiger partial charge in [-0.2, -0.15) is 0 Å². The minimum absolute atomic E-state index is 0. The van der Waals surface area contributed by atoms with Gasteiger partial charge in [0.2, 0.25) is 0 Å². The summed E-state index contributed by atoms with van der Waals surface area (Å²) in [6.07, 6.45) is 5.70. The van der Waals surface area contributed by atoms with E-state index in [9.17, 15) is 14.7 Å². The minimum atomic E-state index is -0.565. The van der Waals surface area contributed by atoms with E-state index in [1.54, 1.807) is 64.9 Å². The molecular weight excluding hydrogens is 719 g/mol. The van der Waals surface area contributed by atoms with Gasteiger partial charge in [0.25, 0.3) is 0 Å². The Kier molecular flexibility index (Phi) is 12.0. The summed E-state index contributed by atoms with van der Waals surface area (Å²) in [6, 6.07) is 14.8. The predicted octanol–water partition coefficient (Wildman–Crippen LogP) is 6.21. The van der Waals surface area contributed by atoms with Crippen LogP contribution in [0, 0.1) is 0 Å². The molecule has 1 aliphatic heterocycles. The van der Waals surface area contributed by atoms with Crippen LogP contribution in [0.15, 0.2) is 96.2 Å². The molecule has 14 heteroatoms. The average molecular weight is 763 g/mol.